The summed E-state index contributed by atoms with van der Waals surface area (Å²) < 4.78 is 45.9. The molecule has 3 aromatic rings. The van der Waals surface area contributed by atoms with Crippen LogP contribution >= 0.6 is 0 Å². The number of nitrogens with one attached hydrogen (secondary N) is 1. The third-order valence-electron chi connectivity index (χ3n) is 4.11. The first-order valence-corrected chi connectivity index (χ1v) is 8.47. The van der Waals surface area contributed by atoms with Crippen molar-refractivity contribution >= 4 is 22.8 Å². The van der Waals surface area contributed by atoms with E-state index < -0.39 is 30.7 Å². The first kappa shape index (κ1) is 19.7. The summed E-state index contributed by atoms with van der Waals surface area (Å²) in [5.41, 5.74) is 1.31. The molecule has 9 heteroatoms. The number of aliphatic hydroxyl groups is 1. The van der Waals surface area contributed by atoms with Gasteiger partial charge in [-0.05, 0) is 30.7 Å². The lowest BCUT2D eigenvalue weighted by Gasteiger charge is -2.16. The lowest BCUT2D eigenvalue weighted by molar-refractivity contribution is -0.147. The number of imidazole rings is 1. The highest BCUT2D eigenvalue weighted by Crippen LogP contribution is 2.34. The number of halogens is 3. The smallest absolute Gasteiger partial charge is 0.444 e. The first-order valence-electron chi connectivity index (χ1n) is 8.47. The number of carbonyl (C=O) groups excluding carboxylic acids is 1. The van der Waals surface area contributed by atoms with Crippen LogP contribution in [0.15, 0.2) is 48.5 Å². The van der Waals surface area contributed by atoms with Gasteiger partial charge in [0.15, 0.2) is 0 Å². The van der Waals surface area contributed by atoms with E-state index in [0.29, 0.717) is 0 Å². The van der Waals surface area contributed by atoms with E-state index in [4.69, 9.17) is 4.74 Å². The minimum absolute atomic E-state index is 0.0495. The fourth-order valence-corrected chi connectivity index (χ4v) is 2.78. The normalized spacial score (nSPS) is 12.8. The Bertz CT molecular complexity index is 971. The van der Waals surface area contributed by atoms with E-state index in [2.05, 4.69) is 10.3 Å². The number of aromatic nitrogens is 2. The summed E-state index contributed by atoms with van der Waals surface area (Å²) in [5.74, 6) is -1.10. The molecule has 28 heavy (non-hydrogen) atoms. The van der Waals surface area contributed by atoms with Crippen molar-refractivity contribution in [2.75, 3.05) is 11.9 Å². The molecule has 0 saturated carbocycles. The first-order chi connectivity index (χ1) is 13.3. The van der Waals surface area contributed by atoms with Gasteiger partial charge in [-0.1, -0.05) is 30.3 Å². The number of nitrogens with zero attached hydrogens (tertiary/aromatic N) is 2. The molecular weight excluding hydrogens is 375 g/mol. The largest absolute Gasteiger partial charge is 0.449 e. The van der Waals surface area contributed by atoms with Crippen LogP contribution in [-0.2, 0) is 17.5 Å². The Morgan fingerprint density at radius 1 is 1.25 bits per heavy atom. The lowest BCUT2D eigenvalue weighted by Crippen LogP contribution is -2.19. The average molecular weight is 393 g/mol. The summed E-state index contributed by atoms with van der Waals surface area (Å²) >= 11 is 0. The molecule has 2 aromatic carbocycles. The highest BCUT2D eigenvalue weighted by molar-refractivity contribution is 5.89. The maximum absolute atomic E-state index is 13.3. The maximum Gasteiger partial charge on any atom is 0.449 e. The lowest BCUT2D eigenvalue weighted by atomic mass is 10.2. The number of benzene rings is 2. The molecule has 1 atom stereocenters. The van der Waals surface area contributed by atoms with Gasteiger partial charge in [0.2, 0.25) is 5.82 Å². The van der Waals surface area contributed by atoms with Gasteiger partial charge in [0.05, 0.1) is 23.7 Å². The minimum atomic E-state index is -4.68. The number of alkyl halides is 3. The highest BCUT2D eigenvalue weighted by Gasteiger charge is 2.38. The molecule has 0 aliphatic rings. The molecule has 0 aliphatic carbocycles. The van der Waals surface area contributed by atoms with Crippen LogP contribution in [0.5, 0.6) is 0 Å². The van der Waals surface area contributed by atoms with E-state index >= 15 is 0 Å². The third-order valence-corrected chi connectivity index (χ3v) is 4.11. The van der Waals surface area contributed by atoms with Crippen LogP contribution in [0.2, 0.25) is 0 Å². The zero-order chi connectivity index (χ0) is 20.3. The summed E-state index contributed by atoms with van der Waals surface area (Å²) in [7, 11) is 0. The minimum Gasteiger partial charge on any atom is -0.444 e. The van der Waals surface area contributed by atoms with E-state index in [1.165, 1.54) is 25.1 Å². The standard InChI is InChI=1S/C19H18F3N3O3/c1-12(10-26)25-16-8-7-14(9-15(16)24-17(25)19(20,21)22)23-18(27)28-11-13-5-3-2-4-6-13/h2-9,12,26H,10-11H2,1H3,(H,23,27). The van der Waals surface area contributed by atoms with Crippen LogP contribution in [0.1, 0.15) is 24.4 Å². The molecule has 2 N–H and O–H groups in total. The van der Waals surface area contributed by atoms with Crippen molar-refractivity contribution in [1.29, 1.82) is 0 Å². The molecule has 1 unspecified atom stereocenters. The number of rotatable bonds is 5. The van der Waals surface area contributed by atoms with Gasteiger partial charge in [-0.2, -0.15) is 13.2 Å². The molecule has 1 aromatic heterocycles. The van der Waals surface area contributed by atoms with Gasteiger partial charge in [-0.25, -0.2) is 9.78 Å². The van der Waals surface area contributed by atoms with Crippen LogP contribution in [0.3, 0.4) is 0 Å². The van der Waals surface area contributed by atoms with Crippen LogP contribution in [0, 0.1) is 0 Å². The van der Waals surface area contributed by atoms with Gasteiger partial charge in [-0.15, -0.1) is 0 Å². The van der Waals surface area contributed by atoms with Crippen LogP contribution in [0.4, 0.5) is 23.7 Å². The predicted octanol–water partition coefficient (Wildman–Crippen LogP) is 4.36. The summed E-state index contributed by atoms with van der Waals surface area (Å²) in [5, 5.41) is 11.8. The molecule has 0 fully saturated rings. The van der Waals surface area contributed by atoms with E-state index in [9.17, 15) is 23.1 Å². The molecule has 148 valence electrons. The number of carbonyl (C=O) groups is 1. The molecule has 0 spiro atoms. The van der Waals surface area contributed by atoms with E-state index in [-0.39, 0.29) is 23.3 Å². The summed E-state index contributed by atoms with van der Waals surface area (Å²) in [6, 6.07) is 12.4. The summed E-state index contributed by atoms with van der Waals surface area (Å²) in [6.07, 6.45) is -5.41. The van der Waals surface area contributed by atoms with Gasteiger partial charge >= 0.3 is 12.3 Å². The van der Waals surface area contributed by atoms with Crippen LogP contribution < -0.4 is 5.32 Å². The second-order valence-electron chi connectivity index (χ2n) is 6.22. The Kier molecular flexibility index (Phi) is 5.55. The highest BCUT2D eigenvalue weighted by atomic mass is 19.4. The number of aliphatic hydroxyl groups excluding tert-OH is 1. The summed E-state index contributed by atoms with van der Waals surface area (Å²) in [6.45, 7) is 1.06. The van der Waals surface area contributed by atoms with Crippen molar-refractivity contribution in [2.24, 2.45) is 0 Å². The van der Waals surface area contributed by atoms with E-state index in [1.54, 1.807) is 12.1 Å². The van der Waals surface area contributed by atoms with Gasteiger partial charge in [-0.3, -0.25) is 5.32 Å². The molecule has 0 aliphatic heterocycles. The SMILES string of the molecule is CC(CO)n1c(C(F)(F)F)nc2cc(NC(=O)OCc3ccccc3)ccc21. The predicted molar refractivity (Wildman–Crippen MR) is 96.8 cm³/mol. The average Bonchev–Trinajstić information content (AvgIpc) is 3.06. The number of fused-ring (bicyclic) bond motifs is 1. The number of hydrogen-bond donors (Lipinski definition) is 2. The maximum atomic E-state index is 13.3. The Morgan fingerprint density at radius 3 is 2.61 bits per heavy atom. The fraction of sp³-hybridized carbons (Fsp3) is 0.263. The zero-order valence-corrected chi connectivity index (χ0v) is 14.9. The van der Waals surface area contributed by atoms with Crippen molar-refractivity contribution in [1.82, 2.24) is 9.55 Å². The molecule has 3 rings (SSSR count). The Hall–Kier alpha value is -3.07. The number of ether oxygens (including phenoxy) is 1. The Labute approximate surface area is 158 Å². The van der Waals surface area contributed by atoms with Crippen molar-refractivity contribution < 1.29 is 27.8 Å². The van der Waals surface area contributed by atoms with Crippen molar-refractivity contribution in [3.05, 3.63) is 59.9 Å². The summed E-state index contributed by atoms with van der Waals surface area (Å²) in [4.78, 5) is 15.6. The van der Waals surface area contributed by atoms with Gasteiger partial charge in [0, 0.05) is 5.69 Å². The van der Waals surface area contributed by atoms with Crippen LogP contribution in [0.25, 0.3) is 11.0 Å². The number of anilines is 1. The van der Waals surface area contributed by atoms with Gasteiger partial charge in [0.1, 0.15) is 6.61 Å². The zero-order valence-electron chi connectivity index (χ0n) is 14.9. The van der Waals surface area contributed by atoms with Crippen LogP contribution in [-0.4, -0.2) is 27.4 Å². The fourth-order valence-electron chi connectivity index (χ4n) is 2.78. The van der Waals surface area contributed by atoms with Crippen molar-refractivity contribution in [3.8, 4) is 0 Å². The quantitative estimate of drug-likeness (QED) is 0.675. The number of amides is 1. The second-order valence-corrected chi connectivity index (χ2v) is 6.22. The third kappa shape index (κ3) is 4.25. The Balaban J connectivity index is 1.81. The number of hydrogen-bond acceptors (Lipinski definition) is 4. The van der Waals surface area contributed by atoms with Gasteiger partial charge in [0.25, 0.3) is 0 Å². The molecular formula is C19H18F3N3O3. The molecule has 0 bridgehead atoms. The molecule has 0 radical (unpaired) electrons. The monoisotopic (exact) mass is 393 g/mol. The van der Waals surface area contributed by atoms with E-state index in [0.717, 1.165) is 10.1 Å². The van der Waals surface area contributed by atoms with E-state index in [1.807, 2.05) is 18.2 Å². The Morgan fingerprint density at radius 2 is 1.96 bits per heavy atom. The topological polar surface area (TPSA) is 76.4 Å². The van der Waals surface area contributed by atoms with Crippen molar-refractivity contribution in [2.45, 2.75) is 25.7 Å². The molecule has 6 nitrogen and oxygen atoms in total. The molecule has 1 amide bonds. The second kappa shape index (κ2) is 7.89. The molecule has 1 heterocycles. The molecule has 0 saturated heterocycles. The van der Waals surface area contributed by atoms with Crippen molar-refractivity contribution in [3.63, 3.8) is 0 Å². The van der Waals surface area contributed by atoms with Gasteiger partial charge < -0.3 is 14.4 Å².